The van der Waals surface area contributed by atoms with Gasteiger partial charge in [0.2, 0.25) is 0 Å². The molecule has 4 heteroatoms. The molecule has 0 amide bonds. The molecule has 3 nitrogen and oxygen atoms in total. The van der Waals surface area contributed by atoms with Gasteiger partial charge in [0.15, 0.2) is 0 Å². The summed E-state index contributed by atoms with van der Waals surface area (Å²) in [5.41, 5.74) is 5.51. The van der Waals surface area contributed by atoms with Gasteiger partial charge in [-0.1, -0.05) is 18.2 Å². The highest BCUT2D eigenvalue weighted by Gasteiger charge is 1.99. The number of rotatable bonds is 5. The van der Waals surface area contributed by atoms with Crippen molar-refractivity contribution in [3.8, 4) is 5.75 Å². The first kappa shape index (κ1) is 13.2. The number of aliphatic hydroxyl groups excluding tert-OH is 1. The first-order chi connectivity index (χ1) is 6.33. The number of ether oxygens (including phenoxy) is 1. The Hall–Kier alpha value is -0.770. The lowest BCUT2D eigenvalue weighted by molar-refractivity contribution is 0.230. The lowest BCUT2D eigenvalue weighted by Crippen LogP contribution is -2.26. The smallest absolute Gasteiger partial charge is 0.119 e. The summed E-state index contributed by atoms with van der Waals surface area (Å²) in [6, 6.07) is 9.38. The van der Waals surface area contributed by atoms with Gasteiger partial charge in [0.05, 0.1) is 13.2 Å². The normalized spacial score (nSPS) is 11.6. The zero-order valence-electron chi connectivity index (χ0n) is 7.93. The fourth-order valence-electron chi connectivity index (χ4n) is 0.936. The molecule has 0 unspecified atom stereocenters. The summed E-state index contributed by atoms with van der Waals surface area (Å²) in [5.74, 6) is 0.840. The molecule has 80 valence electrons. The third-order valence-corrected chi connectivity index (χ3v) is 1.74. The van der Waals surface area contributed by atoms with Crippen LogP contribution in [0.3, 0.4) is 0 Å². The van der Waals surface area contributed by atoms with Gasteiger partial charge in [-0.05, 0) is 18.6 Å². The zero-order chi connectivity index (χ0) is 9.52. The summed E-state index contributed by atoms with van der Waals surface area (Å²) in [7, 11) is 0. The number of hydrogen-bond acceptors (Lipinski definition) is 3. The van der Waals surface area contributed by atoms with E-state index in [0.29, 0.717) is 13.0 Å². The third-order valence-electron chi connectivity index (χ3n) is 1.74. The number of para-hydroxylation sites is 1. The van der Waals surface area contributed by atoms with E-state index in [1.807, 2.05) is 30.3 Å². The van der Waals surface area contributed by atoms with E-state index < -0.39 is 0 Å². The molecule has 0 spiro atoms. The fraction of sp³-hybridized carbons (Fsp3) is 0.400. The van der Waals surface area contributed by atoms with E-state index in [2.05, 4.69) is 0 Å². The average molecular weight is 218 g/mol. The fourth-order valence-corrected chi connectivity index (χ4v) is 0.936. The lowest BCUT2D eigenvalue weighted by atomic mass is 10.2. The number of halogens is 1. The summed E-state index contributed by atoms with van der Waals surface area (Å²) < 4.78 is 5.39. The van der Waals surface area contributed by atoms with Crippen LogP contribution in [0.2, 0.25) is 0 Å². The number of aliphatic hydroxyl groups is 1. The molecule has 0 heterocycles. The largest absolute Gasteiger partial charge is 0.494 e. The van der Waals surface area contributed by atoms with E-state index in [1.165, 1.54) is 0 Å². The molecule has 0 saturated carbocycles. The van der Waals surface area contributed by atoms with Crippen molar-refractivity contribution in [1.82, 2.24) is 0 Å². The molecule has 14 heavy (non-hydrogen) atoms. The molecule has 0 aliphatic heterocycles. The quantitative estimate of drug-likeness (QED) is 0.779. The van der Waals surface area contributed by atoms with Crippen LogP contribution in [0.25, 0.3) is 0 Å². The van der Waals surface area contributed by atoms with Crippen molar-refractivity contribution in [1.29, 1.82) is 0 Å². The van der Waals surface area contributed by atoms with Gasteiger partial charge in [0.1, 0.15) is 5.75 Å². The van der Waals surface area contributed by atoms with E-state index in [-0.39, 0.29) is 25.1 Å². The van der Waals surface area contributed by atoms with E-state index in [4.69, 9.17) is 15.6 Å². The maximum atomic E-state index is 8.65. The molecule has 1 rings (SSSR count). The highest BCUT2D eigenvalue weighted by molar-refractivity contribution is 5.85. The molecule has 0 radical (unpaired) electrons. The van der Waals surface area contributed by atoms with Crippen molar-refractivity contribution in [2.45, 2.75) is 12.5 Å². The van der Waals surface area contributed by atoms with Crippen molar-refractivity contribution >= 4 is 12.4 Å². The van der Waals surface area contributed by atoms with E-state index in [9.17, 15) is 0 Å². The molecule has 3 N–H and O–H groups in total. The van der Waals surface area contributed by atoms with Gasteiger partial charge < -0.3 is 15.6 Å². The Morgan fingerprint density at radius 1 is 1.29 bits per heavy atom. The molecule has 0 aliphatic carbocycles. The Morgan fingerprint density at radius 3 is 2.50 bits per heavy atom. The van der Waals surface area contributed by atoms with E-state index in [1.54, 1.807) is 0 Å². The van der Waals surface area contributed by atoms with Crippen molar-refractivity contribution in [2.24, 2.45) is 5.73 Å². The van der Waals surface area contributed by atoms with Gasteiger partial charge in [0, 0.05) is 6.04 Å². The minimum atomic E-state index is -0.177. The van der Waals surface area contributed by atoms with Gasteiger partial charge in [-0.25, -0.2) is 0 Å². The topological polar surface area (TPSA) is 55.5 Å². The Morgan fingerprint density at radius 2 is 1.93 bits per heavy atom. The van der Waals surface area contributed by atoms with Gasteiger partial charge in [-0.15, -0.1) is 12.4 Å². The molecule has 1 aromatic carbocycles. The van der Waals surface area contributed by atoms with Crippen LogP contribution < -0.4 is 10.5 Å². The third kappa shape index (κ3) is 5.07. The number of nitrogens with two attached hydrogens (primary N) is 1. The summed E-state index contributed by atoms with van der Waals surface area (Å²) in [4.78, 5) is 0. The molecule has 1 aromatic rings. The first-order valence-corrected chi connectivity index (χ1v) is 4.37. The SMILES string of the molecule is Cl.N[C@H](CO)CCOc1ccccc1. The van der Waals surface area contributed by atoms with Crippen molar-refractivity contribution in [3.05, 3.63) is 30.3 Å². The Bertz CT molecular complexity index is 231. The van der Waals surface area contributed by atoms with E-state index in [0.717, 1.165) is 5.75 Å². The minimum Gasteiger partial charge on any atom is -0.494 e. The van der Waals surface area contributed by atoms with Crippen molar-refractivity contribution < 1.29 is 9.84 Å². The Labute approximate surface area is 90.3 Å². The molecule has 1 atom stereocenters. The average Bonchev–Trinajstić information content (AvgIpc) is 2.19. The molecule has 0 aromatic heterocycles. The van der Waals surface area contributed by atoms with Crippen LogP contribution in [0.4, 0.5) is 0 Å². The zero-order valence-corrected chi connectivity index (χ0v) is 8.74. The van der Waals surface area contributed by atoms with Gasteiger partial charge in [-0.3, -0.25) is 0 Å². The van der Waals surface area contributed by atoms with Crippen molar-refractivity contribution in [2.75, 3.05) is 13.2 Å². The maximum absolute atomic E-state index is 8.65. The number of hydrogen-bond donors (Lipinski definition) is 2. The summed E-state index contributed by atoms with van der Waals surface area (Å²) in [5, 5.41) is 8.65. The molecular weight excluding hydrogens is 202 g/mol. The van der Waals surface area contributed by atoms with Crippen LogP contribution >= 0.6 is 12.4 Å². The standard InChI is InChI=1S/C10H15NO2.ClH/c11-9(8-12)6-7-13-10-4-2-1-3-5-10;/h1-5,9,12H,6-8,11H2;1H/t9-;/m0./s1. The van der Waals surface area contributed by atoms with Gasteiger partial charge in [0.25, 0.3) is 0 Å². The second kappa shape index (κ2) is 7.62. The highest BCUT2D eigenvalue weighted by Crippen LogP contribution is 2.08. The van der Waals surface area contributed by atoms with E-state index >= 15 is 0 Å². The predicted octanol–water partition coefficient (Wildman–Crippen LogP) is 1.20. The second-order valence-electron chi connectivity index (χ2n) is 2.89. The molecule has 0 bridgehead atoms. The Balaban J connectivity index is 0.00000169. The minimum absolute atomic E-state index is 0. The van der Waals surface area contributed by atoms with Crippen LogP contribution in [-0.4, -0.2) is 24.4 Å². The molecular formula is C10H16ClNO2. The second-order valence-corrected chi connectivity index (χ2v) is 2.89. The van der Waals surface area contributed by atoms with Crippen molar-refractivity contribution in [3.63, 3.8) is 0 Å². The van der Waals surface area contributed by atoms with Crippen LogP contribution in [0.1, 0.15) is 6.42 Å². The van der Waals surface area contributed by atoms with Gasteiger partial charge in [-0.2, -0.15) is 0 Å². The lowest BCUT2D eigenvalue weighted by Gasteiger charge is -2.09. The first-order valence-electron chi connectivity index (χ1n) is 4.37. The van der Waals surface area contributed by atoms with Crippen LogP contribution in [0.5, 0.6) is 5.75 Å². The molecule has 0 saturated heterocycles. The summed E-state index contributed by atoms with van der Waals surface area (Å²) in [6.07, 6.45) is 0.672. The monoisotopic (exact) mass is 217 g/mol. The summed E-state index contributed by atoms with van der Waals surface area (Å²) >= 11 is 0. The maximum Gasteiger partial charge on any atom is 0.119 e. The number of benzene rings is 1. The van der Waals surface area contributed by atoms with Gasteiger partial charge >= 0.3 is 0 Å². The van der Waals surface area contributed by atoms with Crippen LogP contribution in [0, 0.1) is 0 Å². The highest BCUT2D eigenvalue weighted by atomic mass is 35.5. The Kier molecular flexibility index (Phi) is 7.20. The molecule has 0 fully saturated rings. The predicted molar refractivity (Wildman–Crippen MR) is 58.9 cm³/mol. The van der Waals surface area contributed by atoms with Crippen LogP contribution in [-0.2, 0) is 0 Å². The molecule has 0 aliphatic rings. The summed E-state index contributed by atoms with van der Waals surface area (Å²) in [6.45, 7) is 0.559. The van der Waals surface area contributed by atoms with Crippen LogP contribution in [0.15, 0.2) is 30.3 Å².